The van der Waals surface area contributed by atoms with E-state index in [0.29, 0.717) is 22.0 Å². The van der Waals surface area contributed by atoms with Gasteiger partial charge in [-0.1, -0.05) is 35.5 Å². The lowest BCUT2D eigenvalue weighted by Gasteiger charge is -2.14. The second kappa shape index (κ2) is 12.2. The second-order valence-corrected chi connectivity index (χ2v) is 9.53. The Morgan fingerprint density at radius 2 is 1.69 bits per heavy atom. The van der Waals surface area contributed by atoms with E-state index in [4.69, 9.17) is 16.3 Å². The number of hydrogen-bond donors (Lipinski definition) is 1. The normalized spacial score (nSPS) is 11.1. The van der Waals surface area contributed by atoms with Gasteiger partial charge in [-0.3, -0.25) is 4.79 Å². The van der Waals surface area contributed by atoms with Crippen LogP contribution in [0.15, 0.2) is 83.9 Å². The number of alkyl halides is 3. The number of ether oxygens (including phenoxy) is 1. The molecule has 0 aliphatic heterocycles. The number of nitrogens with one attached hydrogen (secondary N) is 1. The van der Waals surface area contributed by atoms with Gasteiger partial charge in [0, 0.05) is 16.3 Å². The highest BCUT2D eigenvalue weighted by molar-refractivity contribution is 8.00. The molecule has 1 amide bonds. The third kappa shape index (κ3) is 7.50. The van der Waals surface area contributed by atoms with E-state index in [9.17, 15) is 27.6 Å². The topological polar surface area (TPSA) is 75.0 Å². The summed E-state index contributed by atoms with van der Waals surface area (Å²) < 4.78 is 60.3. The molecule has 0 bridgehead atoms. The van der Waals surface area contributed by atoms with Gasteiger partial charge in [-0.05, 0) is 72.3 Å². The number of benzene rings is 3. The average molecular weight is 572 g/mol. The largest absolute Gasteiger partial charge is 0.489 e. The van der Waals surface area contributed by atoms with Crippen LogP contribution in [0.2, 0.25) is 5.02 Å². The molecule has 4 aromatic rings. The van der Waals surface area contributed by atoms with Gasteiger partial charge in [0.15, 0.2) is 0 Å². The molecule has 0 aliphatic rings. The maximum absolute atomic E-state index is 13.9. The van der Waals surface area contributed by atoms with Gasteiger partial charge >= 0.3 is 6.18 Å². The molecule has 5 nitrogen and oxygen atoms in total. The van der Waals surface area contributed by atoms with Crippen molar-refractivity contribution in [3.63, 3.8) is 0 Å². The molecule has 0 fully saturated rings. The zero-order valence-electron chi connectivity index (χ0n) is 19.9. The summed E-state index contributed by atoms with van der Waals surface area (Å²) in [6, 6.07) is 20.7. The minimum Gasteiger partial charge on any atom is -0.489 e. The second-order valence-electron chi connectivity index (χ2n) is 8.13. The van der Waals surface area contributed by atoms with Gasteiger partial charge in [0.05, 0.1) is 22.6 Å². The highest BCUT2D eigenvalue weighted by Crippen LogP contribution is 2.38. The predicted molar refractivity (Wildman–Crippen MR) is 141 cm³/mol. The molecule has 4 rings (SSSR count). The van der Waals surface area contributed by atoms with Gasteiger partial charge in [-0.2, -0.15) is 18.4 Å². The fourth-order valence-corrected chi connectivity index (χ4v) is 4.37. The Morgan fingerprint density at radius 3 is 2.31 bits per heavy atom. The number of rotatable bonds is 8. The number of carbonyl (C=O) groups excluding carboxylic acids is 1. The first-order valence-corrected chi connectivity index (χ1v) is 12.7. The van der Waals surface area contributed by atoms with Crippen molar-refractivity contribution in [1.29, 1.82) is 5.26 Å². The Morgan fingerprint density at radius 1 is 1.03 bits per heavy atom. The van der Waals surface area contributed by atoms with Crippen molar-refractivity contribution < 1.29 is 27.1 Å². The Balaban J connectivity index is 1.54. The Labute approximate surface area is 230 Å². The third-order valence-corrected chi connectivity index (χ3v) is 6.57. The third-order valence-electron chi connectivity index (χ3n) is 5.34. The number of pyridine rings is 1. The monoisotopic (exact) mass is 571 g/mol. The van der Waals surface area contributed by atoms with E-state index in [1.807, 2.05) is 0 Å². The first-order chi connectivity index (χ1) is 18.6. The quantitative estimate of drug-likeness (QED) is 0.173. The fourth-order valence-electron chi connectivity index (χ4n) is 3.44. The van der Waals surface area contributed by atoms with Crippen LogP contribution in [-0.4, -0.2) is 16.6 Å². The van der Waals surface area contributed by atoms with Crippen molar-refractivity contribution in [2.24, 2.45) is 0 Å². The van der Waals surface area contributed by atoms with Crippen LogP contribution >= 0.6 is 23.4 Å². The lowest BCUT2D eigenvalue weighted by atomic mass is 10.1. The van der Waals surface area contributed by atoms with Crippen LogP contribution in [-0.2, 0) is 17.6 Å². The molecule has 11 heteroatoms. The molecule has 0 spiro atoms. The lowest BCUT2D eigenvalue weighted by Crippen LogP contribution is -2.15. The van der Waals surface area contributed by atoms with Crippen LogP contribution in [0.1, 0.15) is 16.7 Å². The van der Waals surface area contributed by atoms with E-state index in [1.165, 1.54) is 24.3 Å². The van der Waals surface area contributed by atoms with Gasteiger partial charge in [0.2, 0.25) is 5.91 Å². The minimum atomic E-state index is -4.82. The van der Waals surface area contributed by atoms with Gasteiger partial charge in [-0.25, -0.2) is 9.37 Å². The van der Waals surface area contributed by atoms with Crippen molar-refractivity contribution >= 4 is 35.0 Å². The van der Waals surface area contributed by atoms with Crippen LogP contribution in [0, 0.1) is 17.1 Å². The number of halogens is 5. The van der Waals surface area contributed by atoms with Gasteiger partial charge < -0.3 is 10.1 Å². The first kappa shape index (κ1) is 28.0. The molecule has 39 heavy (non-hydrogen) atoms. The van der Waals surface area contributed by atoms with E-state index < -0.39 is 23.2 Å². The maximum atomic E-state index is 13.9. The number of anilines is 1. The number of carbonyl (C=O) groups is 1. The number of thioether (sulfide) groups is 1. The number of nitrogens with zero attached hydrogens (tertiary/aromatic N) is 2. The molecule has 0 unspecified atom stereocenters. The molecular formula is C28H18ClF4N3O2S. The number of aromatic nitrogens is 1. The molecule has 198 valence electrons. The highest BCUT2D eigenvalue weighted by Gasteiger charge is 2.36. The Bertz CT molecular complexity index is 1510. The fraction of sp³-hybridized carbons (Fsp3) is 0.107. The van der Waals surface area contributed by atoms with Crippen molar-refractivity contribution in [1.82, 2.24) is 4.98 Å². The predicted octanol–water partition coefficient (Wildman–Crippen LogP) is 7.74. The Hall–Kier alpha value is -4.07. The van der Waals surface area contributed by atoms with E-state index in [-0.39, 0.29) is 28.9 Å². The van der Waals surface area contributed by atoms with Crippen molar-refractivity contribution in [2.75, 3.05) is 11.1 Å². The molecule has 0 saturated heterocycles. The molecule has 1 N–H and O–H groups in total. The van der Waals surface area contributed by atoms with Gasteiger partial charge in [0.1, 0.15) is 29.3 Å². The molecule has 0 radical (unpaired) electrons. The Kier molecular flexibility index (Phi) is 8.74. The molecule has 1 aromatic heterocycles. The van der Waals surface area contributed by atoms with E-state index in [1.54, 1.807) is 54.6 Å². The smallest absolute Gasteiger partial charge is 0.417 e. The summed E-state index contributed by atoms with van der Waals surface area (Å²) in [6.45, 7) is 0.172. The number of hydrogen-bond acceptors (Lipinski definition) is 5. The zero-order valence-corrected chi connectivity index (χ0v) is 21.5. The van der Waals surface area contributed by atoms with Crippen LogP contribution in [0.4, 0.5) is 23.2 Å². The summed E-state index contributed by atoms with van der Waals surface area (Å²) in [6.07, 6.45) is -4.82. The summed E-state index contributed by atoms with van der Waals surface area (Å²) >= 11 is 6.56. The van der Waals surface area contributed by atoms with Crippen molar-refractivity contribution in [2.45, 2.75) is 17.8 Å². The van der Waals surface area contributed by atoms with E-state index in [2.05, 4.69) is 10.3 Å². The summed E-state index contributed by atoms with van der Waals surface area (Å²) in [4.78, 5) is 16.7. The first-order valence-electron chi connectivity index (χ1n) is 11.3. The summed E-state index contributed by atoms with van der Waals surface area (Å²) in [5.74, 6) is -0.687. The standard InChI is InChI=1S/C28H18ClF4N3O2S/c29-19-5-9-21(10-6-19)35-26(37)16-39-27-23(14-34)24(28(31,32)33)13-25(36-27)18-3-11-22(12-4-18)38-15-17-1-7-20(30)8-2-17/h1-13H,15-16H2,(H,35,37). The highest BCUT2D eigenvalue weighted by atomic mass is 35.5. The minimum absolute atomic E-state index is 0.0213. The molecule has 0 aliphatic carbocycles. The zero-order chi connectivity index (χ0) is 28.0. The molecule has 3 aromatic carbocycles. The van der Waals surface area contributed by atoms with Crippen LogP contribution in [0.5, 0.6) is 5.75 Å². The number of nitriles is 1. The van der Waals surface area contributed by atoms with E-state index in [0.717, 1.165) is 23.4 Å². The SMILES string of the molecule is N#Cc1c(C(F)(F)F)cc(-c2ccc(OCc3ccc(F)cc3)cc2)nc1SCC(=O)Nc1ccc(Cl)cc1. The molecule has 0 saturated carbocycles. The summed E-state index contributed by atoms with van der Waals surface area (Å²) in [5, 5.41) is 12.4. The molecule has 1 heterocycles. The maximum Gasteiger partial charge on any atom is 0.417 e. The number of amides is 1. The molecular weight excluding hydrogens is 554 g/mol. The molecule has 0 atom stereocenters. The van der Waals surface area contributed by atoms with Crippen LogP contribution in [0.3, 0.4) is 0 Å². The van der Waals surface area contributed by atoms with Crippen LogP contribution < -0.4 is 10.1 Å². The average Bonchev–Trinajstić information content (AvgIpc) is 2.92. The lowest BCUT2D eigenvalue weighted by molar-refractivity contribution is -0.138. The summed E-state index contributed by atoms with van der Waals surface area (Å²) in [5.41, 5.74) is -0.267. The van der Waals surface area contributed by atoms with E-state index >= 15 is 0 Å². The van der Waals surface area contributed by atoms with Crippen molar-refractivity contribution in [3.05, 3.63) is 106 Å². The van der Waals surface area contributed by atoms with Gasteiger partial charge in [0.25, 0.3) is 0 Å². The van der Waals surface area contributed by atoms with Gasteiger partial charge in [-0.15, -0.1) is 0 Å². The van der Waals surface area contributed by atoms with Crippen molar-refractivity contribution in [3.8, 4) is 23.1 Å². The summed E-state index contributed by atoms with van der Waals surface area (Å²) in [7, 11) is 0. The van der Waals surface area contributed by atoms with Crippen LogP contribution in [0.25, 0.3) is 11.3 Å².